The maximum atomic E-state index is 12.8. The molecular formula is C25H17ClN2O8S. The number of furan rings is 1. The minimum atomic E-state index is -0.667. The van der Waals surface area contributed by atoms with Crippen LogP contribution in [0.3, 0.4) is 0 Å². The predicted molar refractivity (Wildman–Crippen MR) is 135 cm³/mol. The molecule has 0 spiro atoms. The molecular weight excluding hydrogens is 524 g/mol. The highest BCUT2D eigenvalue weighted by molar-refractivity contribution is 8.18. The summed E-state index contributed by atoms with van der Waals surface area (Å²) in [5.74, 6) is -1.12. The number of halogens is 1. The molecule has 1 fully saturated rings. The number of nitro groups is 1. The number of Topliss-reactive ketones (excluding diaryl/α,β-unsaturated/α-hetero) is 1. The van der Waals surface area contributed by atoms with Crippen molar-refractivity contribution in [3.8, 4) is 11.3 Å². The molecule has 0 radical (unpaired) electrons. The Morgan fingerprint density at radius 1 is 1.14 bits per heavy atom. The van der Waals surface area contributed by atoms with Gasteiger partial charge < -0.3 is 9.15 Å². The fourth-order valence-electron chi connectivity index (χ4n) is 3.40. The molecule has 12 heteroatoms. The highest BCUT2D eigenvalue weighted by Gasteiger charge is 2.36. The Morgan fingerprint density at radius 2 is 1.86 bits per heavy atom. The van der Waals surface area contributed by atoms with Gasteiger partial charge in [-0.15, -0.1) is 0 Å². The van der Waals surface area contributed by atoms with Crippen molar-refractivity contribution in [2.75, 3.05) is 13.2 Å². The zero-order valence-corrected chi connectivity index (χ0v) is 20.7. The summed E-state index contributed by atoms with van der Waals surface area (Å²) in [5.41, 5.74) is 0.681. The van der Waals surface area contributed by atoms with E-state index in [1.807, 2.05) is 0 Å². The van der Waals surface area contributed by atoms with Gasteiger partial charge in [-0.1, -0.05) is 11.6 Å². The molecule has 0 saturated carbocycles. The van der Waals surface area contributed by atoms with Crippen LogP contribution in [0.2, 0.25) is 5.02 Å². The van der Waals surface area contributed by atoms with Crippen LogP contribution in [0.5, 0.6) is 0 Å². The first-order chi connectivity index (χ1) is 17.7. The minimum absolute atomic E-state index is 0.0609. The molecule has 0 bridgehead atoms. The molecule has 2 aromatic carbocycles. The molecule has 0 aliphatic carbocycles. The second-order valence-electron chi connectivity index (χ2n) is 7.61. The highest BCUT2D eigenvalue weighted by Crippen LogP contribution is 2.34. The maximum absolute atomic E-state index is 12.8. The van der Waals surface area contributed by atoms with Crippen LogP contribution in [-0.2, 0) is 9.53 Å². The number of hydrogen-bond donors (Lipinski definition) is 0. The third kappa shape index (κ3) is 5.63. The summed E-state index contributed by atoms with van der Waals surface area (Å²) in [6, 6.07) is 12.8. The van der Waals surface area contributed by atoms with Gasteiger partial charge in [0, 0.05) is 29.3 Å². The quantitative estimate of drug-likeness (QED) is 0.117. The van der Waals surface area contributed by atoms with E-state index in [9.17, 15) is 29.3 Å². The Bertz CT molecular complexity index is 1460. The van der Waals surface area contributed by atoms with E-state index in [2.05, 4.69) is 0 Å². The Balaban J connectivity index is 1.49. The molecule has 37 heavy (non-hydrogen) atoms. The molecule has 1 saturated heterocycles. The highest BCUT2D eigenvalue weighted by atomic mass is 35.5. The summed E-state index contributed by atoms with van der Waals surface area (Å²) in [6.45, 7) is 1.37. The number of rotatable bonds is 8. The van der Waals surface area contributed by atoms with Crippen LogP contribution in [0.4, 0.5) is 10.5 Å². The Morgan fingerprint density at radius 3 is 2.54 bits per heavy atom. The van der Waals surface area contributed by atoms with Gasteiger partial charge in [-0.2, -0.15) is 0 Å². The van der Waals surface area contributed by atoms with Crippen molar-refractivity contribution in [2.45, 2.75) is 6.92 Å². The lowest BCUT2D eigenvalue weighted by molar-refractivity contribution is -0.384. The molecule has 0 unspecified atom stereocenters. The first-order valence-corrected chi connectivity index (χ1v) is 12.0. The Labute approximate surface area is 219 Å². The monoisotopic (exact) mass is 540 g/mol. The topological polar surface area (TPSA) is 137 Å². The van der Waals surface area contributed by atoms with E-state index in [0.717, 1.165) is 4.90 Å². The number of non-ortho nitro benzene ring substituents is 1. The number of nitrogens with zero attached hydrogens (tertiary/aromatic N) is 2. The normalized spacial score (nSPS) is 14.3. The summed E-state index contributed by atoms with van der Waals surface area (Å²) >= 11 is 6.76. The molecule has 2 amide bonds. The lowest BCUT2D eigenvalue weighted by atomic mass is 10.1. The smallest absolute Gasteiger partial charge is 0.339 e. The standard InChI is InChI=1S/C25H17ClN2O8S/c1-2-35-24(31)18-11-15(5-9-19(18)26)21-10-8-17(36-21)12-22-23(30)27(25(32)37-22)13-20(29)14-3-6-16(7-4-14)28(33)34/h3-12H,2,13H2,1H3/b22-12+. The molecule has 1 aliphatic rings. The lowest BCUT2D eigenvalue weighted by Gasteiger charge is -2.11. The molecule has 0 atom stereocenters. The van der Waals surface area contributed by atoms with Crippen LogP contribution in [-0.4, -0.2) is 45.9 Å². The van der Waals surface area contributed by atoms with Gasteiger partial charge in [0.25, 0.3) is 16.8 Å². The second kappa shape index (κ2) is 10.8. The summed E-state index contributed by atoms with van der Waals surface area (Å²) in [5, 5.41) is 10.4. The number of amides is 2. The number of thioether (sulfide) groups is 1. The zero-order valence-electron chi connectivity index (χ0n) is 19.1. The average molecular weight is 541 g/mol. The molecule has 2 heterocycles. The molecule has 188 valence electrons. The van der Waals surface area contributed by atoms with Gasteiger partial charge >= 0.3 is 5.97 Å². The van der Waals surface area contributed by atoms with E-state index >= 15 is 0 Å². The van der Waals surface area contributed by atoms with Crippen LogP contribution in [0.1, 0.15) is 33.4 Å². The van der Waals surface area contributed by atoms with E-state index in [4.69, 9.17) is 20.8 Å². The molecule has 1 aliphatic heterocycles. The molecule has 0 N–H and O–H groups in total. The van der Waals surface area contributed by atoms with E-state index in [1.165, 1.54) is 36.4 Å². The fraction of sp³-hybridized carbons (Fsp3) is 0.120. The fourth-order valence-corrected chi connectivity index (χ4v) is 4.41. The van der Waals surface area contributed by atoms with Gasteiger partial charge in [0.05, 0.1) is 33.6 Å². The van der Waals surface area contributed by atoms with Gasteiger partial charge in [-0.05, 0) is 61.2 Å². The van der Waals surface area contributed by atoms with Crippen LogP contribution >= 0.6 is 23.4 Å². The number of carbonyl (C=O) groups is 4. The summed E-state index contributed by atoms with van der Waals surface area (Å²) in [7, 11) is 0. The van der Waals surface area contributed by atoms with Crippen molar-refractivity contribution in [1.82, 2.24) is 4.90 Å². The number of esters is 1. The van der Waals surface area contributed by atoms with Crippen LogP contribution in [0.25, 0.3) is 17.4 Å². The second-order valence-corrected chi connectivity index (χ2v) is 9.01. The average Bonchev–Trinajstić information content (AvgIpc) is 3.44. The minimum Gasteiger partial charge on any atom is -0.462 e. The maximum Gasteiger partial charge on any atom is 0.339 e. The molecule has 4 rings (SSSR count). The number of hydrogen-bond acceptors (Lipinski definition) is 9. The van der Waals surface area contributed by atoms with Gasteiger partial charge in [0.2, 0.25) is 0 Å². The van der Waals surface area contributed by atoms with Crippen LogP contribution in [0, 0.1) is 10.1 Å². The van der Waals surface area contributed by atoms with Gasteiger partial charge in [0.15, 0.2) is 5.78 Å². The first-order valence-electron chi connectivity index (χ1n) is 10.8. The predicted octanol–water partition coefficient (Wildman–Crippen LogP) is 5.60. The first kappa shape index (κ1) is 25.9. The van der Waals surface area contributed by atoms with Crippen LogP contribution in [0.15, 0.2) is 63.9 Å². The summed E-state index contributed by atoms with van der Waals surface area (Å²) in [4.78, 5) is 60.9. The van der Waals surface area contributed by atoms with Crippen LogP contribution < -0.4 is 0 Å². The van der Waals surface area contributed by atoms with Crippen molar-refractivity contribution >= 4 is 58.0 Å². The summed E-state index contributed by atoms with van der Waals surface area (Å²) in [6.07, 6.45) is 1.38. The van der Waals surface area contributed by atoms with Crippen molar-refractivity contribution in [1.29, 1.82) is 0 Å². The number of imide groups is 1. The van der Waals surface area contributed by atoms with Gasteiger partial charge in [-0.3, -0.25) is 29.4 Å². The van der Waals surface area contributed by atoms with Crippen molar-refractivity contribution in [2.24, 2.45) is 0 Å². The van der Waals surface area contributed by atoms with E-state index in [-0.39, 0.29) is 39.1 Å². The Kier molecular flexibility index (Phi) is 7.55. The Hall–Kier alpha value is -4.22. The summed E-state index contributed by atoms with van der Waals surface area (Å²) < 4.78 is 10.8. The third-order valence-electron chi connectivity index (χ3n) is 5.22. The number of carbonyl (C=O) groups excluding carboxylic acids is 4. The largest absolute Gasteiger partial charge is 0.462 e. The SMILES string of the molecule is CCOC(=O)c1cc(-c2ccc(/C=C3/SC(=O)N(CC(=O)c4ccc([N+](=O)[O-])cc4)C3=O)o2)ccc1Cl. The van der Waals surface area contributed by atoms with E-state index < -0.39 is 34.4 Å². The van der Waals surface area contributed by atoms with Gasteiger partial charge in [-0.25, -0.2) is 4.79 Å². The number of ketones is 1. The molecule has 1 aromatic heterocycles. The van der Waals surface area contributed by atoms with Crippen molar-refractivity contribution in [3.63, 3.8) is 0 Å². The third-order valence-corrected chi connectivity index (χ3v) is 6.46. The lowest BCUT2D eigenvalue weighted by Crippen LogP contribution is -2.33. The number of nitro benzene ring substituents is 1. The number of benzene rings is 2. The van der Waals surface area contributed by atoms with Crippen molar-refractivity contribution < 1.29 is 33.3 Å². The van der Waals surface area contributed by atoms with Crippen molar-refractivity contribution in [3.05, 3.63) is 91.5 Å². The van der Waals surface area contributed by atoms with E-state index in [1.54, 1.807) is 31.2 Å². The van der Waals surface area contributed by atoms with E-state index in [0.29, 0.717) is 23.1 Å². The zero-order chi connectivity index (χ0) is 26.7. The van der Waals surface area contributed by atoms with Gasteiger partial charge in [0.1, 0.15) is 11.5 Å². The molecule has 3 aromatic rings. The molecule has 10 nitrogen and oxygen atoms in total. The number of ether oxygens (including phenoxy) is 1.